The van der Waals surface area contributed by atoms with E-state index in [0.29, 0.717) is 12.5 Å². The summed E-state index contributed by atoms with van der Waals surface area (Å²) in [7, 11) is 0. The summed E-state index contributed by atoms with van der Waals surface area (Å²) in [6, 6.07) is -0.492. The number of rotatable bonds is 5. The smallest absolute Gasteiger partial charge is 0.338 e. The first kappa shape index (κ1) is 12.1. The molecule has 0 aromatic rings. The number of hydrogen-bond donors (Lipinski definition) is 3. The molecule has 1 heterocycles. The van der Waals surface area contributed by atoms with Gasteiger partial charge in [-0.25, -0.2) is 15.1 Å². The summed E-state index contributed by atoms with van der Waals surface area (Å²) in [6.45, 7) is 0.0714. The van der Waals surface area contributed by atoms with Crippen LogP contribution in [0.3, 0.4) is 0 Å². The molecule has 15 heavy (non-hydrogen) atoms. The maximum atomic E-state index is 11.0. The number of nitrogens with one attached hydrogen (secondary N) is 2. The summed E-state index contributed by atoms with van der Waals surface area (Å²) in [5, 5.41) is 10.8. The van der Waals surface area contributed by atoms with E-state index in [0.717, 1.165) is 17.9 Å². The van der Waals surface area contributed by atoms with Crippen molar-refractivity contribution in [1.29, 1.82) is 0 Å². The van der Waals surface area contributed by atoms with Crippen molar-refractivity contribution in [2.75, 3.05) is 24.7 Å². The van der Waals surface area contributed by atoms with Crippen molar-refractivity contribution in [3.05, 3.63) is 0 Å². The van der Waals surface area contributed by atoms with Crippen LogP contribution in [0.5, 0.6) is 0 Å². The average molecular weight is 234 g/mol. The number of carboxylic acids is 1. The van der Waals surface area contributed by atoms with Gasteiger partial charge in [0.2, 0.25) is 0 Å². The van der Waals surface area contributed by atoms with Gasteiger partial charge in [0.1, 0.15) is 0 Å². The highest BCUT2D eigenvalue weighted by molar-refractivity contribution is 7.99. The van der Waals surface area contributed by atoms with E-state index < -0.39 is 18.6 Å². The molecule has 0 saturated carbocycles. The minimum Gasteiger partial charge on any atom is -0.479 e. The molecule has 1 rings (SSSR count). The van der Waals surface area contributed by atoms with Crippen LogP contribution in [0.25, 0.3) is 0 Å². The number of hydrogen-bond acceptors (Lipinski definition) is 4. The molecule has 1 fully saturated rings. The molecule has 1 aliphatic heterocycles. The van der Waals surface area contributed by atoms with E-state index in [-0.39, 0.29) is 0 Å². The van der Waals surface area contributed by atoms with Crippen LogP contribution in [-0.2, 0) is 9.63 Å². The lowest BCUT2D eigenvalue weighted by atomic mass is 10.1. The third-order valence-corrected chi connectivity index (χ3v) is 3.17. The van der Waals surface area contributed by atoms with E-state index in [1.165, 1.54) is 0 Å². The molecule has 6 nitrogen and oxygen atoms in total. The Balaban J connectivity index is 2.00. The zero-order chi connectivity index (χ0) is 11.1. The van der Waals surface area contributed by atoms with Crippen molar-refractivity contribution in [3.8, 4) is 0 Å². The number of hydroxylamine groups is 1. The molecule has 0 aromatic carbocycles. The molecule has 0 aromatic heterocycles. The van der Waals surface area contributed by atoms with Gasteiger partial charge >= 0.3 is 12.0 Å². The second-order valence-corrected chi connectivity index (χ2v) is 4.37. The molecule has 1 atom stereocenters. The predicted octanol–water partition coefficient (Wildman–Crippen LogP) is 0.0549. The highest BCUT2D eigenvalue weighted by Gasteiger charge is 2.15. The van der Waals surface area contributed by atoms with Gasteiger partial charge < -0.3 is 10.4 Å². The summed E-state index contributed by atoms with van der Waals surface area (Å²) < 4.78 is 0. The molecule has 1 unspecified atom stereocenters. The first-order chi connectivity index (χ1) is 7.18. The van der Waals surface area contributed by atoms with Crippen molar-refractivity contribution in [1.82, 2.24) is 10.8 Å². The van der Waals surface area contributed by atoms with Crippen LogP contribution in [0.1, 0.15) is 6.42 Å². The van der Waals surface area contributed by atoms with Crippen LogP contribution in [0, 0.1) is 5.92 Å². The Hall–Kier alpha value is -0.950. The van der Waals surface area contributed by atoms with E-state index in [1.807, 2.05) is 17.2 Å². The van der Waals surface area contributed by atoms with Gasteiger partial charge in [0.05, 0.1) is 0 Å². The van der Waals surface area contributed by atoms with Gasteiger partial charge in [-0.05, 0) is 23.8 Å². The Labute approximate surface area is 91.7 Å². The lowest BCUT2D eigenvalue weighted by Gasteiger charge is -2.10. The Morgan fingerprint density at radius 3 is 2.93 bits per heavy atom. The SMILES string of the molecule is O=C(O)CONC(=O)NCC1CCSC1. The minimum atomic E-state index is -1.12. The van der Waals surface area contributed by atoms with Crippen LogP contribution >= 0.6 is 11.8 Å². The molecule has 2 amide bonds. The Kier molecular flexibility index (Phi) is 5.27. The van der Waals surface area contributed by atoms with Crippen LogP contribution in [0.4, 0.5) is 4.79 Å². The van der Waals surface area contributed by atoms with E-state index in [9.17, 15) is 9.59 Å². The lowest BCUT2D eigenvalue weighted by Crippen LogP contribution is -2.39. The van der Waals surface area contributed by atoms with Gasteiger partial charge in [0.25, 0.3) is 0 Å². The predicted molar refractivity (Wildman–Crippen MR) is 55.6 cm³/mol. The summed E-state index contributed by atoms with van der Waals surface area (Å²) in [6.07, 6.45) is 1.11. The van der Waals surface area contributed by atoms with E-state index in [1.54, 1.807) is 0 Å². The Bertz CT molecular complexity index is 231. The fourth-order valence-electron chi connectivity index (χ4n) is 1.18. The largest absolute Gasteiger partial charge is 0.479 e. The van der Waals surface area contributed by atoms with Gasteiger partial charge in [0, 0.05) is 6.54 Å². The van der Waals surface area contributed by atoms with Crippen LogP contribution < -0.4 is 10.8 Å². The van der Waals surface area contributed by atoms with Gasteiger partial charge in [0.15, 0.2) is 6.61 Å². The van der Waals surface area contributed by atoms with Gasteiger partial charge in [-0.15, -0.1) is 0 Å². The van der Waals surface area contributed by atoms with Gasteiger partial charge in [-0.1, -0.05) is 0 Å². The van der Waals surface area contributed by atoms with Crippen molar-refractivity contribution >= 4 is 23.8 Å². The molecule has 7 heteroatoms. The first-order valence-corrected chi connectivity index (χ1v) is 5.79. The van der Waals surface area contributed by atoms with Crippen molar-refractivity contribution in [2.45, 2.75) is 6.42 Å². The standard InChI is InChI=1S/C8H14N2O4S/c11-7(12)4-14-10-8(13)9-3-6-1-2-15-5-6/h6H,1-5H2,(H,11,12)(H2,9,10,13). The summed E-state index contributed by atoms with van der Waals surface area (Å²) in [5.41, 5.74) is 2.00. The zero-order valence-electron chi connectivity index (χ0n) is 8.19. The lowest BCUT2D eigenvalue weighted by molar-refractivity contribution is -0.144. The maximum Gasteiger partial charge on any atom is 0.338 e. The quantitative estimate of drug-likeness (QED) is 0.585. The highest BCUT2D eigenvalue weighted by atomic mass is 32.2. The maximum absolute atomic E-state index is 11.0. The zero-order valence-corrected chi connectivity index (χ0v) is 9.01. The summed E-state index contributed by atoms with van der Waals surface area (Å²) in [5.74, 6) is 1.60. The molecule has 3 N–H and O–H groups in total. The Morgan fingerprint density at radius 2 is 2.33 bits per heavy atom. The number of amides is 2. The number of urea groups is 1. The molecule has 1 aliphatic rings. The van der Waals surface area contributed by atoms with Crippen molar-refractivity contribution in [2.24, 2.45) is 5.92 Å². The second-order valence-electron chi connectivity index (χ2n) is 3.22. The molecule has 0 aliphatic carbocycles. The third-order valence-electron chi connectivity index (χ3n) is 1.94. The topological polar surface area (TPSA) is 87.7 Å². The van der Waals surface area contributed by atoms with Crippen LogP contribution in [0.2, 0.25) is 0 Å². The van der Waals surface area contributed by atoms with Gasteiger partial charge in [-0.2, -0.15) is 11.8 Å². The number of thioether (sulfide) groups is 1. The van der Waals surface area contributed by atoms with E-state index in [2.05, 4.69) is 10.2 Å². The molecular weight excluding hydrogens is 220 g/mol. The Morgan fingerprint density at radius 1 is 1.53 bits per heavy atom. The number of carboxylic acid groups (broad SMARTS) is 1. The van der Waals surface area contributed by atoms with Gasteiger partial charge in [-0.3, -0.25) is 4.84 Å². The fourth-order valence-corrected chi connectivity index (χ4v) is 2.47. The molecule has 0 radical (unpaired) electrons. The average Bonchev–Trinajstić information content (AvgIpc) is 2.66. The summed E-state index contributed by atoms with van der Waals surface area (Å²) in [4.78, 5) is 25.5. The van der Waals surface area contributed by atoms with Crippen molar-refractivity contribution in [3.63, 3.8) is 0 Å². The van der Waals surface area contributed by atoms with Crippen LogP contribution in [0.15, 0.2) is 0 Å². The van der Waals surface area contributed by atoms with Crippen molar-refractivity contribution < 1.29 is 19.5 Å². The van der Waals surface area contributed by atoms with E-state index in [4.69, 9.17) is 5.11 Å². The molecule has 86 valence electrons. The number of aliphatic carboxylic acids is 1. The minimum absolute atomic E-state index is 0.492. The second kappa shape index (κ2) is 6.52. The monoisotopic (exact) mass is 234 g/mol. The number of carbonyl (C=O) groups is 2. The van der Waals surface area contributed by atoms with Crippen LogP contribution in [-0.4, -0.2) is 41.8 Å². The molecule has 1 saturated heterocycles. The first-order valence-electron chi connectivity index (χ1n) is 4.63. The summed E-state index contributed by atoms with van der Waals surface area (Å²) >= 11 is 1.87. The molecular formula is C8H14N2O4S. The highest BCUT2D eigenvalue weighted by Crippen LogP contribution is 2.22. The fraction of sp³-hybridized carbons (Fsp3) is 0.750. The molecule has 0 bridgehead atoms. The normalized spacial score (nSPS) is 19.9. The van der Waals surface area contributed by atoms with E-state index >= 15 is 0 Å². The third kappa shape index (κ3) is 5.48. The number of carbonyl (C=O) groups excluding carboxylic acids is 1. The molecule has 0 spiro atoms.